The van der Waals surface area contributed by atoms with E-state index in [1.165, 1.54) is 24.3 Å². The molecule has 4 unspecified atom stereocenters. The standard InChI is InChI=1S/2C20H21ClF3N3O/c1-13-5-4-10-27(13)12-17(14-6-3-9-25-11-14)26-19(28)15-7-2-8-16(18(15)21)20(22,23)24;1-13-6-5-11-27(13)12-17(16-9-2-3-10-25-16)26-19(28)14-7-4-8-15(18(14)21)20(22,23)24/h2-3,6-9,11,13,17H,4-5,10,12H2,1H3,(H,26,28);2-4,7-10,13,17H,5-6,11-12H2,1H3,(H,26,28). The fraction of sp³-hybridized carbons (Fsp3) is 0.400. The first kappa shape index (κ1) is 42.9. The largest absolute Gasteiger partial charge is 0.417 e. The summed E-state index contributed by atoms with van der Waals surface area (Å²) in [6.07, 6.45) is -0.0453. The van der Waals surface area contributed by atoms with Crippen molar-refractivity contribution < 1.29 is 35.9 Å². The van der Waals surface area contributed by atoms with Gasteiger partial charge in [0.05, 0.1) is 50.1 Å². The van der Waals surface area contributed by atoms with Crippen molar-refractivity contribution in [3.63, 3.8) is 0 Å². The Morgan fingerprint density at radius 1 is 0.714 bits per heavy atom. The van der Waals surface area contributed by atoms with Crippen molar-refractivity contribution in [2.75, 3.05) is 26.2 Å². The molecule has 0 saturated carbocycles. The zero-order valence-electron chi connectivity index (χ0n) is 30.7. The van der Waals surface area contributed by atoms with Crippen LogP contribution in [-0.2, 0) is 12.4 Å². The summed E-state index contributed by atoms with van der Waals surface area (Å²) in [4.78, 5) is 38.5. The Morgan fingerprint density at radius 2 is 1.23 bits per heavy atom. The molecule has 2 fully saturated rings. The number of carbonyl (C=O) groups is 2. The van der Waals surface area contributed by atoms with Gasteiger partial charge in [-0.05, 0) is 101 Å². The maximum atomic E-state index is 13.1. The number of alkyl halides is 6. The Labute approximate surface area is 331 Å². The Bertz CT molecular complexity index is 1800. The Balaban J connectivity index is 0.000000214. The van der Waals surface area contributed by atoms with Gasteiger partial charge in [0.2, 0.25) is 0 Å². The van der Waals surface area contributed by atoms with Crippen LogP contribution in [0.4, 0.5) is 26.3 Å². The minimum Gasteiger partial charge on any atom is -0.344 e. The van der Waals surface area contributed by atoms with Crippen molar-refractivity contribution in [2.24, 2.45) is 0 Å². The minimum atomic E-state index is -4.63. The van der Waals surface area contributed by atoms with Gasteiger partial charge < -0.3 is 10.6 Å². The molecule has 6 rings (SSSR count). The Hall–Kier alpha value is -4.24. The number of nitrogens with one attached hydrogen (secondary N) is 2. The number of hydrogen-bond acceptors (Lipinski definition) is 6. The number of carbonyl (C=O) groups excluding carboxylic acids is 2. The number of aromatic nitrogens is 2. The van der Waals surface area contributed by atoms with E-state index in [0.29, 0.717) is 30.9 Å². The molecule has 2 saturated heterocycles. The van der Waals surface area contributed by atoms with Gasteiger partial charge in [0.25, 0.3) is 11.8 Å². The quantitative estimate of drug-likeness (QED) is 0.155. The molecule has 8 nitrogen and oxygen atoms in total. The molecule has 0 bridgehead atoms. The lowest BCUT2D eigenvalue weighted by Crippen LogP contribution is -2.39. The molecule has 2 amide bonds. The SMILES string of the molecule is CC1CCCN1CC(NC(=O)c1cccc(C(F)(F)F)c1Cl)c1ccccn1.CC1CCCN1CC(NC(=O)c1cccc(C(F)(F)F)c1Cl)c1cccnc1. The molecular formula is C40H42Cl2F6N6O2. The Morgan fingerprint density at radius 3 is 1.66 bits per heavy atom. The molecule has 4 aromatic rings. The summed E-state index contributed by atoms with van der Waals surface area (Å²) in [7, 11) is 0. The number of hydrogen-bond donors (Lipinski definition) is 2. The maximum absolute atomic E-state index is 13.1. The number of likely N-dealkylation sites (tertiary alicyclic amines) is 2. The average molecular weight is 824 g/mol. The van der Waals surface area contributed by atoms with E-state index in [1.54, 1.807) is 36.8 Å². The monoisotopic (exact) mass is 822 g/mol. The summed E-state index contributed by atoms with van der Waals surface area (Å²) in [5.41, 5.74) is -1.000. The number of amides is 2. The molecule has 4 atom stereocenters. The lowest BCUT2D eigenvalue weighted by Gasteiger charge is -2.28. The van der Waals surface area contributed by atoms with E-state index >= 15 is 0 Å². The molecule has 2 aromatic heterocycles. The third kappa shape index (κ3) is 11.0. The van der Waals surface area contributed by atoms with E-state index in [-0.39, 0.29) is 11.1 Å². The molecule has 0 radical (unpaired) electrons. The van der Waals surface area contributed by atoms with Gasteiger partial charge in [0.15, 0.2) is 0 Å². The lowest BCUT2D eigenvalue weighted by molar-refractivity contribution is -0.138. The van der Waals surface area contributed by atoms with Crippen LogP contribution in [0.15, 0.2) is 85.3 Å². The Kier molecular flexibility index (Phi) is 14.4. The minimum absolute atomic E-state index is 0.195. The van der Waals surface area contributed by atoms with Crippen LogP contribution < -0.4 is 10.6 Å². The van der Waals surface area contributed by atoms with E-state index in [1.807, 2.05) is 12.1 Å². The van der Waals surface area contributed by atoms with Gasteiger partial charge in [-0.25, -0.2) is 0 Å². The first-order valence-corrected chi connectivity index (χ1v) is 18.9. The summed E-state index contributed by atoms with van der Waals surface area (Å²) in [6, 6.07) is 15.5. The van der Waals surface area contributed by atoms with Gasteiger partial charge in [-0.1, -0.05) is 47.5 Å². The predicted molar refractivity (Wildman–Crippen MR) is 202 cm³/mol. The highest BCUT2D eigenvalue weighted by Gasteiger charge is 2.36. The summed E-state index contributed by atoms with van der Waals surface area (Å²) in [6.45, 7) is 7.14. The fourth-order valence-corrected chi connectivity index (χ4v) is 7.57. The second-order valence-electron chi connectivity index (χ2n) is 13.9. The van der Waals surface area contributed by atoms with Crippen molar-refractivity contribution in [1.82, 2.24) is 30.4 Å². The van der Waals surface area contributed by atoms with Gasteiger partial charge in [0, 0.05) is 43.8 Å². The van der Waals surface area contributed by atoms with E-state index in [4.69, 9.17) is 23.2 Å². The molecular weight excluding hydrogens is 781 g/mol. The van der Waals surface area contributed by atoms with Crippen molar-refractivity contribution in [1.29, 1.82) is 0 Å². The molecule has 2 aromatic carbocycles. The average Bonchev–Trinajstić information content (AvgIpc) is 3.77. The first-order valence-electron chi connectivity index (χ1n) is 18.2. The zero-order chi connectivity index (χ0) is 40.6. The molecule has 0 aliphatic carbocycles. The third-order valence-corrected chi connectivity index (χ3v) is 10.9. The maximum Gasteiger partial charge on any atom is 0.417 e. The third-order valence-electron chi connectivity index (χ3n) is 10.1. The van der Waals surface area contributed by atoms with E-state index in [0.717, 1.165) is 56.5 Å². The molecule has 2 N–H and O–H groups in total. The highest BCUT2D eigenvalue weighted by molar-refractivity contribution is 6.35. The molecule has 2 aliphatic rings. The van der Waals surface area contributed by atoms with Gasteiger partial charge in [-0.15, -0.1) is 0 Å². The van der Waals surface area contributed by atoms with Crippen LogP contribution in [0.5, 0.6) is 0 Å². The summed E-state index contributed by atoms with van der Waals surface area (Å²) >= 11 is 11.8. The smallest absolute Gasteiger partial charge is 0.344 e. The molecule has 4 heterocycles. The van der Waals surface area contributed by atoms with Gasteiger partial charge in [-0.2, -0.15) is 26.3 Å². The summed E-state index contributed by atoms with van der Waals surface area (Å²) < 4.78 is 78.6. The fourth-order valence-electron chi connectivity index (χ4n) is 6.93. The molecule has 56 heavy (non-hydrogen) atoms. The van der Waals surface area contributed by atoms with Crippen LogP contribution in [0.2, 0.25) is 10.0 Å². The van der Waals surface area contributed by atoms with E-state index in [2.05, 4.69) is 44.2 Å². The van der Waals surface area contributed by atoms with Crippen molar-refractivity contribution in [2.45, 2.75) is 76.1 Å². The zero-order valence-corrected chi connectivity index (χ0v) is 32.2. The topological polar surface area (TPSA) is 90.5 Å². The van der Waals surface area contributed by atoms with E-state index < -0.39 is 57.4 Å². The second-order valence-corrected chi connectivity index (χ2v) is 14.7. The van der Waals surface area contributed by atoms with Gasteiger partial charge >= 0.3 is 12.4 Å². The molecule has 0 spiro atoms. The van der Waals surface area contributed by atoms with Crippen LogP contribution in [0.1, 0.15) is 94.7 Å². The second kappa shape index (κ2) is 18.8. The molecule has 300 valence electrons. The van der Waals surface area contributed by atoms with Crippen LogP contribution in [0, 0.1) is 0 Å². The highest BCUT2D eigenvalue weighted by Crippen LogP contribution is 2.38. The number of halogens is 8. The number of nitrogens with zero attached hydrogens (tertiary/aromatic N) is 4. The summed E-state index contributed by atoms with van der Waals surface area (Å²) in [5.74, 6) is -1.30. The highest BCUT2D eigenvalue weighted by atomic mass is 35.5. The van der Waals surface area contributed by atoms with Crippen LogP contribution in [0.3, 0.4) is 0 Å². The van der Waals surface area contributed by atoms with Gasteiger partial charge in [-0.3, -0.25) is 29.4 Å². The van der Waals surface area contributed by atoms with E-state index in [9.17, 15) is 35.9 Å². The number of rotatable bonds is 10. The number of benzene rings is 2. The number of pyridine rings is 2. The predicted octanol–water partition coefficient (Wildman–Crippen LogP) is 9.42. The van der Waals surface area contributed by atoms with Gasteiger partial charge in [0.1, 0.15) is 0 Å². The normalized spacial score (nSPS) is 18.8. The van der Waals surface area contributed by atoms with Crippen molar-refractivity contribution >= 4 is 35.0 Å². The lowest BCUT2D eigenvalue weighted by atomic mass is 10.1. The van der Waals surface area contributed by atoms with Crippen LogP contribution in [-0.4, -0.2) is 69.8 Å². The van der Waals surface area contributed by atoms with Crippen molar-refractivity contribution in [3.8, 4) is 0 Å². The molecule has 2 aliphatic heterocycles. The molecule has 16 heteroatoms. The summed E-state index contributed by atoms with van der Waals surface area (Å²) in [5, 5.41) is 4.48. The van der Waals surface area contributed by atoms with Crippen LogP contribution in [0.25, 0.3) is 0 Å². The van der Waals surface area contributed by atoms with Crippen LogP contribution >= 0.6 is 23.2 Å². The first-order chi connectivity index (χ1) is 26.5. The van der Waals surface area contributed by atoms with Crippen molar-refractivity contribution in [3.05, 3.63) is 129 Å².